The van der Waals surface area contributed by atoms with E-state index in [9.17, 15) is 19.7 Å². The van der Waals surface area contributed by atoms with E-state index in [0.29, 0.717) is 5.56 Å². The van der Waals surface area contributed by atoms with Crippen LogP contribution in [0, 0.1) is 10.1 Å². The molecule has 3 aromatic carbocycles. The van der Waals surface area contributed by atoms with Gasteiger partial charge in [0.15, 0.2) is 0 Å². The largest absolute Gasteiger partial charge is 0.422 e. The molecule has 152 valence electrons. The SMILES string of the molecule is O=C(Oc1cccc2c([N+](=O)[O-])ccc(NC(=O)c3ccccn3)c12)c1ccccc1. The molecule has 1 aromatic heterocycles. The molecule has 8 nitrogen and oxygen atoms in total. The molecule has 1 N–H and O–H groups in total. The van der Waals surface area contributed by atoms with Gasteiger partial charge in [0, 0.05) is 12.3 Å². The molecule has 0 aliphatic carbocycles. The molecule has 0 bridgehead atoms. The summed E-state index contributed by atoms with van der Waals surface area (Å²) in [6.45, 7) is 0. The molecular weight excluding hydrogens is 398 g/mol. The third-order valence-corrected chi connectivity index (χ3v) is 4.53. The highest BCUT2D eigenvalue weighted by molar-refractivity contribution is 6.12. The number of non-ortho nitro benzene ring substituents is 1. The highest BCUT2D eigenvalue weighted by atomic mass is 16.6. The standard InChI is InChI=1S/C23H15N3O5/c27-22(18-10-4-5-14-24-18)25-17-12-13-19(26(29)30)16-9-6-11-20(21(16)17)31-23(28)15-7-2-1-3-8-15/h1-14H,(H,25,27). The van der Waals surface area contributed by atoms with Crippen LogP contribution in [-0.2, 0) is 0 Å². The van der Waals surface area contributed by atoms with E-state index in [0.717, 1.165) is 0 Å². The normalized spacial score (nSPS) is 10.5. The lowest BCUT2D eigenvalue weighted by Gasteiger charge is -2.13. The minimum atomic E-state index is -0.624. The molecular formula is C23H15N3O5. The summed E-state index contributed by atoms with van der Waals surface area (Å²) >= 11 is 0. The fourth-order valence-electron chi connectivity index (χ4n) is 3.12. The van der Waals surface area contributed by atoms with Crippen LogP contribution >= 0.6 is 0 Å². The van der Waals surface area contributed by atoms with E-state index in [1.165, 1.54) is 30.5 Å². The third kappa shape index (κ3) is 4.08. The Bertz CT molecular complexity index is 1230. The highest BCUT2D eigenvalue weighted by Gasteiger charge is 2.21. The fourth-order valence-corrected chi connectivity index (χ4v) is 3.12. The molecule has 0 fully saturated rings. The predicted molar refractivity (Wildman–Crippen MR) is 114 cm³/mol. The second kappa shape index (κ2) is 8.42. The van der Waals surface area contributed by atoms with Gasteiger partial charge in [0.1, 0.15) is 11.4 Å². The van der Waals surface area contributed by atoms with Crippen LogP contribution in [0.1, 0.15) is 20.8 Å². The van der Waals surface area contributed by atoms with Crippen LogP contribution in [0.4, 0.5) is 11.4 Å². The summed E-state index contributed by atoms with van der Waals surface area (Å²) in [5, 5.41) is 14.7. The third-order valence-electron chi connectivity index (χ3n) is 4.53. The quantitative estimate of drug-likeness (QED) is 0.221. The van der Waals surface area contributed by atoms with Gasteiger partial charge in [-0.3, -0.25) is 19.9 Å². The molecule has 1 amide bonds. The number of nitrogens with zero attached hydrogens (tertiary/aromatic N) is 2. The van der Waals surface area contributed by atoms with Crippen molar-refractivity contribution in [2.75, 3.05) is 5.32 Å². The second-order valence-electron chi connectivity index (χ2n) is 6.49. The number of carbonyl (C=O) groups excluding carboxylic acids is 2. The van der Waals surface area contributed by atoms with Gasteiger partial charge in [-0.25, -0.2) is 4.79 Å². The van der Waals surface area contributed by atoms with E-state index in [4.69, 9.17) is 4.74 Å². The maximum atomic E-state index is 12.6. The van der Waals surface area contributed by atoms with E-state index < -0.39 is 16.8 Å². The number of aromatic nitrogens is 1. The van der Waals surface area contributed by atoms with Crippen LogP contribution in [0.15, 0.2) is 85.1 Å². The molecule has 8 heteroatoms. The van der Waals surface area contributed by atoms with E-state index in [-0.39, 0.29) is 33.6 Å². The number of ether oxygens (including phenoxy) is 1. The first-order valence-corrected chi connectivity index (χ1v) is 9.24. The van der Waals surface area contributed by atoms with Crippen molar-refractivity contribution in [1.82, 2.24) is 4.98 Å². The summed E-state index contributed by atoms with van der Waals surface area (Å²) in [4.78, 5) is 40.2. The van der Waals surface area contributed by atoms with Crippen LogP contribution in [0.2, 0.25) is 0 Å². The average Bonchev–Trinajstić information content (AvgIpc) is 2.80. The summed E-state index contributed by atoms with van der Waals surface area (Å²) in [5.74, 6) is -1.03. The number of benzene rings is 3. The molecule has 0 aliphatic heterocycles. The summed E-state index contributed by atoms with van der Waals surface area (Å²) < 4.78 is 5.55. The molecule has 0 aliphatic rings. The van der Waals surface area contributed by atoms with Crippen LogP contribution in [-0.4, -0.2) is 21.8 Å². The number of nitro groups is 1. The van der Waals surface area contributed by atoms with Gasteiger partial charge in [0.25, 0.3) is 11.6 Å². The number of rotatable bonds is 5. The Labute approximate surface area is 176 Å². The number of nitrogens with one attached hydrogen (secondary N) is 1. The summed E-state index contributed by atoms with van der Waals surface area (Å²) in [6.07, 6.45) is 1.48. The summed E-state index contributed by atoms with van der Waals surface area (Å²) in [5.41, 5.74) is 0.577. The summed E-state index contributed by atoms with van der Waals surface area (Å²) in [6, 6.07) is 20.5. The average molecular weight is 413 g/mol. The number of anilines is 1. The number of hydrogen-bond donors (Lipinski definition) is 1. The molecule has 0 atom stereocenters. The van der Waals surface area contributed by atoms with Crippen molar-refractivity contribution in [3.05, 3.63) is 106 Å². The predicted octanol–water partition coefficient (Wildman–Crippen LogP) is 4.61. The van der Waals surface area contributed by atoms with Gasteiger partial charge in [-0.1, -0.05) is 30.3 Å². The van der Waals surface area contributed by atoms with Gasteiger partial charge in [-0.05, 0) is 42.5 Å². The maximum Gasteiger partial charge on any atom is 0.343 e. The van der Waals surface area contributed by atoms with Crippen molar-refractivity contribution in [3.63, 3.8) is 0 Å². The lowest BCUT2D eigenvalue weighted by atomic mass is 10.1. The van der Waals surface area contributed by atoms with Crippen molar-refractivity contribution in [1.29, 1.82) is 0 Å². The number of fused-ring (bicyclic) bond motifs is 1. The molecule has 1 heterocycles. The highest BCUT2D eigenvalue weighted by Crippen LogP contribution is 2.38. The van der Waals surface area contributed by atoms with Crippen LogP contribution in [0.3, 0.4) is 0 Å². The molecule has 0 saturated carbocycles. The van der Waals surface area contributed by atoms with Crippen molar-refractivity contribution in [3.8, 4) is 5.75 Å². The zero-order chi connectivity index (χ0) is 21.8. The first kappa shape index (κ1) is 19.7. The first-order valence-electron chi connectivity index (χ1n) is 9.24. The van der Waals surface area contributed by atoms with Gasteiger partial charge >= 0.3 is 5.97 Å². The smallest absolute Gasteiger partial charge is 0.343 e. The lowest BCUT2D eigenvalue weighted by molar-refractivity contribution is -0.383. The molecule has 0 radical (unpaired) electrons. The van der Waals surface area contributed by atoms with E-state index >= 15 is 0 Å². The van der Waals surface area contributed by atoms with Crippen LogP contribution < -0.4 is 10.1 Å². The molecule has 0 spiro atoms. The monoisotopic (exact) mass is 413 g/mol. The van der Waals surface area contributed by atoms with Crippen molar-refractivity contribution in [2.24, 2.45) is 0 Å². The Morgan fingerprint density at radius 1 is 0.903 bits per heavy atom. The Morgan fingerprint density at radius 3 is 2.39 bits per heavy atom. The minimum absolute atomic E-state index is 0.0892. The zero-order valence-electron chi connectivity index (χ0n) is 16.0. The maximum absolute atomic E-state index is 12.6. The van der Waals surface area contributed by atoms with E-state index in [1.54, 1.807) is 54.6 Å². The number of hydrogen-bond acceptors (Lipinski definition) is 6. The Balaban J connectivity index is 1.80. The number of carbonyl (C=O) groups is 2. The van der Waals surface area contributed by atoms with Crippen molar-refractivity contribution in [2.45, 2.75) is 0 Å². The zero-order valence-corrected chi connectivity index (χ0v) is 16.0. The Hall–Kier alpha value is -4.59. The molecule has 31 heavy (non-hydrogen) atoms. The molecule has 4 rings (SSSR count). The van der Waals surface area contributed by atoms with Crippen molar-refractivity contribution >= 4 is 34.0 Å². The number of pyridine rings is 1. The summed E-state index contributed by atoms with van der Waals surface area (Å²) in [7, 11) is 0. The lowest BCUT2D eigenvalue weighted by Crippen LogP contribution is -2.14. The Morgan fingerprint density at radius 2 is 1.68 bits per heavy atom. The van der Waals surface area contributed by atoms with Gasteiger partial charge in [-0.15, -0.1) is 0 Å². The number of amides is 1. The Kier molecular flexibility index (Phi) is 5.35. The van der Waals surface area contributed by atoms with Gasteiger partial charge in [0.05, 0.1) is 26.9 Å². The topological polar surface area (TPSA) is 111 Å². The number of nitro benzene ring substituents is 1. The van der Waals surface area contributed by atoms with Crippen molar-refractivity contribution < 1.29 is 19.2 Å². The van der Waals surface area contributed by atoms with Gasteiger partial charge < -0.3 is 10.1 Å². The van der Waals surface area contributed by atoms with Crippen LogP contribution in [0.25, 0.3) is 10.8 Å². The van der Waals surface area contributed by atoms with E-state index in [1.807, 2.05) is 0 Å². The molecule has 0 saturated heterocycles. The fraction of sp³-hybridized carbons (Fsp3) is 0. The minimum Gasteiger partial charge on any atom is -0.422 e. The van der Waals surface area contributed by atoms with E-state index in [2.05, 4.69) is 10.3 Å². The second-order valence-corrected chi connectivity index (χ2v) is 6.49. The number of esters is 1. The first-order chi connectivity index (χ1) is 15.0. The van der Waals surface area contributed by atoms with Gasteiger partial charge in [-0.2, -0.15) is 0 Å². The van der Waals surface area contributed by atoms with Crippen LogP contribution in [0.5, 0.6) is 5.75 Å². The molecule has 0 unspecified atom stereocenters. The molecule has 4 aromatic rings. The van der Waals surface area contributed by atoms with Gasteiger partial charge in [0.2, 0.25) is 0 Å².